The van der Waals surface area contributed by atoms with Gasteiger partial charge in [-0.2, -0.15) is 11.8 Å². The third-order valence-corrected chi connectivity index (χ3v) is 5.36. The second kappa shape index (κ2) is 5.69. The van der Waals surface area contributed by atoms with Crippen LogP contribution < -0.4 is 10.0 Å². The van der Waals surface area contributed by atoms with Crippen LogP contribution in [0.5, 0.6) is 0 Å². The van der Waals surface area contributed by atoms with Crippen LogP contribution in [-0.2, 0) is 10.0 Å². The maximum Gasteiger partial charge on any atom is 0.209 e. The third kappa shape index (κ3) is 5.47. The third-order valence-electron chi connectivity index (χ3n) is 3.37. The van der Waals surface area contributed by atoms with Crippen LogP contribution in [0.1, 0.15) is 34.1 Å². The molecule has 4 nitrogen and oxygen atoms in total. The Kier molecular flexibility index (Phi) is 5.14. The average Bonchev–Trinajstić information content (AvgIpc) is 2.11. The quantitative estimate of drug-likeness (QED) is 0.805. The van der Waals surface area contributed by atoms with E-state index in [1.165, 1.54) is 18.4 Å². The van der Waals surface area contributed by atoms with E-state index in [9.17, 15) is 8.42 Å². The van der Waals surface area contributed by atoms with E-state index in [0.29, 0.717) is 12.6 Å². The standard InChI is InChI=1S/C12H26N2O2S2/c1-11(2)6-7-17-8-10(11)13-9-12(3,4)14-18(5,15)16/h10,13-14H,6-9H2,1-5H3. The fraction of sp³-hybridized carbons (Fsp3) is 1.00. The van der Waals surface area contributed by atoms with Crippen molar-refractivity contribution in [2.75, 3.05) is 24.3 Å². The van der Waals surface area contributed by atoms with Crippen LogP contribution in [0.4, 0.5) is 0 Å². The Balaban J connectivity index is 2.53. The SMILES string of the molecule is CC(C)(CNC1CSCCC1(C)C)NS(C)(=O)=O. The number of hydrogen-bond acceptors (Lipinski definition) is 4. The Hall–Kier alpha value is 0.220. The molecule has 1 heterocycles. The predicted octanol–water partition coefficient (Wildman–Crippen LogP) is 1.44. The average molecular weight is 294 g/mol. The van der Waals surface area contributed by atoms with Crippen LogP contribution in [0.2, 0.25) is 0 Å². The number of nitrogens with one attached hydrogen (secondary N) is 2. The van der Waals surface area contributed by atoms with Crippen molar-refractivity contribution < 1.29 is 8.42 Å². The molecule has 0 aliphatic carbocycles. The summed E-state index contributed by atoms with van der Waals surface area (Å²) in [6.07, 6.45) is 2.41. The van der Waals surface area contributed by atoms with Gasteiger partial charge in [0.2, 0.25) is 10.0 Å². The van der Waals surface area contributed by atoms with Gasteiger partial charge in [-0.05, 0) is 31.4 Å². The molecule has 18 heavy (non-hydrogen) atoms. The first kappa shape index (κ1) is 16.3. The molecule has 1 aliphatic heterocycles. The van der Waals surface area contributed by atoms with Crippen LogP contribution in [0, 0.1) is 5.41 Å². The molecule has 0 radical (unpaired) electrons. The van der Waals surface area contributed by atoms with E-state index < -0.39 is 15.6 Å². The molecular weight excluding hydrogens is 268 g/mol. The topological polar surface area (TPSA) is 58.2 Å². The normalized spacial score (nSPS) is 25.1. The Morgan fingerprint density at radius 1 is 1.39 bits per heavy atom. The first-order valence-corrected chi connectivity index (χ1v) is 9.37. The molecule has 0 saturated carbocycles. The van der Waals surface area contributed by atoms with Gasteiger partial charge >= 0.3 is 0 Å². The van der Waals surface area contributed by atoms with E-state index in [0.717, 1.165) is 5.75 Å². The molecule has 1 fully saturated rings. The molecule has 0 aromatic rings. The summed E-state index contributed by atoms with van der Waals surface area (Å²) >= 11 is 1.97. The molecule has 1 aliphatic rings. The Morgan fingerprint density at radius 2 is 2.00 bits per heavy atom. The molecule has 1 unspecified atom stereocenters. The van der Waals surface area contributed by atoms with E-state index in [1.54, 1.807) is 0 Å². The molecule has 1 rings (SSSR count). The number of sulfonamides is 1. The minimum atomic E-state index is -3.16. The van der Waals surface area contributed by atoms with Crippen LogP contribution in [0.25, 0.3) is 0 Å². The van der Waals surface area contributed by atoms with Crippen LogP contribution in [0.3, 0.4) is 0 Å². The van der Waals surface area contributed by atoms with Gasteiger partial charge < -0.3 is 5.32 Å². The lowest BCUT2D eigenvalue weighted by molar-refractivity contribution is 0.232. The molecule has 0 bridgehead atoms. The summed E-state index contributed by atoms with van der Waals surface area (Å²) in [7, 11) is -3.16. The predicted molar refractivity (Wildman–Crippen MR) is 79.6 cm³/mol. The molecule has 6 heteroatoms. The fourth-order valence-corrected chi connectivity index (χ4v) is 4.91. The molecule has 1 atom stereocenters. The summed E-state index contributed by atoms with van der Waals surface area (Å²) in [5.41, 5.74) is -0.168. The molecule has 2 N–H and O–H groups in total. The van der Waals surface area contributed by atoms with Crippen molar-refractivity contribution in [3.05, 3.63) is 0 Å². The highest BCUT2D eigenvalue weighted by molar-refractivity contribution is 7.99. The Morgan fingerprint density at radius 3 is 2.50 bits per heavy atom. The number of rotatable bonds is 5. The highest BCUT2D eigenvalue weighted by Gasteiger charge is 2.33. The molecule has 0 amide bonds. The zero-order valence-corrected chi connectivity index (χ0v) is 13.7. The smallest absolute Gasteiger partial charge is 0.209 e. The van der Waals surface area contributed by atoms with Gasteiger partial charge in [-0.1, -0.05) is 13.8 Å². The summed E-state index contributed by atoms with van der Waals surface area (Å²) in [6, 6.07) is 0.442. The van der Waals surface area contributed by atoms with Crippen molar-refractivity contribution >= 4 is 21.8 Å². The van der Waals surface area contributed by atoms with Gasteiger partial charge in [-0.25, -0.2) is 13.1 Å². The van der Waals surface area contributed by atoms with Gasteiger partial charge in [0.15, 0.2) is 0 Å². The highest BCUT2D eigenvalue weighted by atomic mass is 32.2. The van der Waals surface area contributed by atoms with Gasteiger partial charge in [0, 0.05) is 23.9 Å². The maximum atomic E-state index is 11.3. The minimum absolute atomic E-state index is 0.284. The first-order valence-electron chi connectivity index (χ1n) is 6.32. The van der Waals surface area contributed by atoms with Crippen molar-refractivity contribution in [2.45, 2.75) is 45.7 Å². The lowest BCUT2D eigenvalue weighted by Gasteiger charge is -2.40. The molecule has 1 saturated heterocycles. The van der Waals surface area contributed by atoms with E-state index >= 15 is 0 Å². The van der Waals surface area contributed by atoms with Crippen molar-refractivity contribution in [1.82, 2.24) is 10.0 Å². The zero-order valence-electron chi connectivity index (χ0n) is 12.0. The Labute approximate surface area is 116 Å². The fourth-order valence-electron chi connectivity index (χ4n) is 2.19. The summed E-state index contributed by atoms with van der Waals surface area (Å²) in [6.45, 7) is 9.02. The van der Waals surface area contributed by atoms with Gasteiger partial charge in [0.1, 0.15) is 0 Å². The minimum Gasteiger partial charge on any atom is -0.311 e. The van der Waals surface area contributed by atoms with E-state index in [2.05, 4.69) is 23.9 Å². The van der Waals surface area contributed by atoms with Gasteiger partial charge in [0.05, 0.1) is 6.26 Å². The van der Waals surface area contributed by atoms with Gasteiger partial charge in [-0.15, -0.1) is 0 Å². The molecule has 0 aromatic heterocycles. The highest BCUT2D eigenvalue weighted by Crippen LogP contribution is 2.34. The van der Waals surface area contributed by atoms with E-state index in [1.807, 2.05) is 25.6 Å². The lowest BCUT2D eigenvalue weighted by Crippen LogP contribution is -2.55. The molecule has 0 aromatic carbocycles. The monoisotopic (exact) mass is 294 g/mol. The first-order chi connectivity index (χ1) is 8.02. The van der Waals surface area contributed by atoms with Crippen LogP contribution in [-0.4, -0.2) is 44.3 Å². The summed E-state index contributed by atoms with van der Waals surface area (Å²) in [4.78, 5) is 0. The zero-order chi connectivity index (χ0) is 14.0. The molecule has 0 spiro atoms. The largest absolute Gasteiger partial charge is 0.311 e. The van der Waals surface area contributed by atoms with Gasteiger partial charge in [0.25, 0.3) is 0 Å². The summed E-state index contributed by atoms with van der Waals surface area (Å²) < 4.78 is 25.2. The van der Waals surface area contributed by atoms with Crippen molar-refractivity contribution in [2.24, 2.45) is 5.41 Å². The molecular formula is C12H26N2O2S2. The van der Waals surface area contributed by atoms with Crippen LogP contribution >= 0.6 is 11.8 Å². The van der Waals surface area contributed by atoms with Gasteiger partial charge in [-0.3, -0.25) is 0 Å². The van der Waals surface area contributed by atoms with E-state index in [4.69, 9.17) is 0 Å². The van der Waals surface area contributed by atoms with Crippen molar-refractivity contribution in [3.63, 3.8) is 0 Å². The van der Waals surface area contributed by atoms with Crippen molar-refractivity contribution in [1.29, 1.82) is 0 Å². The second-order valence-electron chi connectivity index (χ2n) is 6.51. The number of thioether (sulfide) groups is 1. The van der Waals surface area contributed by atoms with Crippen LogP contribution in [0.15, 0.2) is 0 Å². The maximum absolute atomic E-state index is 11.3. The molecule has 108 valence electrons. The Bertz CT molecular complexity index is 378. The summed E-state index contributed by atoms with van der Waals surface area (Å²) in [5.74, 6) is 2.32. The summed E-state index contributed by atoms with van der Waals surface area (Å²) in [5, 5.41) is 3.53. The lowest BCUT2D eigenvalue weighted by atomic mass is 9.82. The number of hydrogen-bond donors (Lipinski definition) is 2. The van der Waals surface area contributed by atoms with E-state index in [-0.39, 0.29) is 5.41 Å². The second-order valence-corrected chi connectivity index (χ2v) is 9.40. The van der Waals surface area contributed by atoms with Crippen molar-refractivity contribution in [3.8, 4) is 0 Å².